The van der Waals surface area contributed by atoms with Crippen molar-refractivity contribution >= 4 is 17.9 Å². The molecule has 2 aliphatic heterocycles. The monoisotopic (exact) mass is 496 g/mol. The van der Waals surface area contributed by atoms with Crippen LogP contribution in [0.5, 0.6) is 17.2 Å². The van der Waals surface area contributed by atoms with Gasteiger partial charge in [0.15, 0.2) is 23.4 Å². The van der Waals surface area contributed by atoms with Crippen LogP contribution < -0.4 is 25.7 Å². The Hall–Kier alpha value is -4.15. The molecular formula is C25H32N6O5. The Kier molecular flexibility index (Phi) is 7.37. The Morgan fingerprint density at radius 2 is 1.69 bits per heavy atom. The Labute approximate surface area is 209 Å². The summed E-state index contributed by atoms with van der Waals surface area (Å²) >= 11 is 0. The maximum Gasteiger partial charge on any atom is 0.352 e. The largest absolute Gasteiger partial charge is 0.493 e. The van der Waals surface area contributed by atoms with E-state index in [4.69, 9.17) is 41.2 Å². The zero-order chi connectivity index (χ0) is 25.8. The summed E-state index contributed by atoms with van der Waals surface area (Å²) in [6, 6.07) is 10.8. The molecule has 0 saturated carbocycles. The van der Waals surface area contributed by atoms with Crippen molar-refractivity contribution in [3.63, 3.8) is 0 Å². The molecule has 6 N–H and O–H groups in total. The fourth-order valence-corrected chi connectivity index (χ4v) is 4.38. The maximum atomic E-state index is 12.9. The van der Waals surface area contributed by atoms with Crippen molar-refractivity contribution in [3.8, 4) is 17.2 Å². The van der Waals surface area contributed by atoms with E-state index in [1.807, 2.05) is 12.1 Å². The number of nitrogens with zero attached hydrogens (tertiary/aromatic N) is 2. The Bertz CT molecular complexity index is 1140. The van der Waals surface area contributed by atoms with Crippen LogP contribution in [0.15, 0.2) is 36.4 Å². The van der Waals surface area contributed by atoms with Gasteiger partial charge in [-0.05, 0) is 42.3 Å². The topological polar surface area (TPSA) is 160 Å². The molecule has 0 aromatic heterocycles. The maximum absolute atomic E-state index is 12.9. The summed E-state index contributed by atoms with van der Waals surface area (Å²) in [6.45, 7) is 4.18. The van der Waals surface area contributed by atoms with Gasteiger partial charge in [0.2, 0.25) is 6.10 Å². The zero-order valence-electron chi connectivity index (χ0n) is 20.5. The summed E-state index contributed by atoms with van der Waals surface area (Å²) in [7, 11) is 1.54. The highest BCUT2D eigenvalue weighted by Crippen LogP contribution is 2.38. The van der Waals surface area contributed by atoms with Gasteiger partial charge in [0.25, 0.3) is 0 Å². The van der Waals surface area contributed by atoms with E-state index in [-0.39, 0.29) is 24.6 Å². The third kappa shape index (κ3) is 5.40. The molecule has 0 bridgehead atoms. The molecule has 192 valence electrons. The lowest BCUT2D eigenvalue weighted by Crippen LogP contribution is -2.35. The number of nitrogens with one attached hydrogen (secondary N) is 2. The van der Waals surface area contributed by atoms with Crippen molar-refractivity contribution in [2.75, 3.05) is 26.8 Å². The number of hydrogen-bond acceptors (Lipinski definition) is 7. The summed E-state index contributed by atoms with van der Waals surface area (Å²) in [5.41, 5.74) is 13.8. The number of carbonyl (C=O) groups excluding carboxylic acids is 1. The molecule has 1 saturated heterocycles. The fourth-order valence-electron chi connectivity index (χ4n) is 4.38. The van der Waals surface area contributed by atoms with Crippen LogP contribution in [-0.4, -0.2) is 60.6 Å². The normalized spacial score (nSPS) is 17.3. The van der Waals surface area contributed by atoms with Crippen LogP contribution in [-0.2, 0) is 22.6 Å². The summed E-state index contributed by atoms with van der Waals surface area (Å²) < 4.78 is 23.0. The second-order valence-corrected chi connectivity index (χ2v) is 8.69. The molecule has 0 amide bonds. The highest BCUT2D eigenvalue weighted by atomic mass is 16.6. The highest BCUT2D eigenvalue weighted by Gasteiger charge is 2.29. The number of guanidine groups is 2. The van der Waals surface area contributed by atoms with E-state index >= 15 is 0 Å². The minimum atomic E-state index is -1.02. The van der Waals surface area contributed by atoms with E-state index in [1.54, 1.807) is 41.0 Å². The summed E-state index contributed by atoms with van der Waals surface area (Å²) in [5.74, 6) is 1.04. The lowest BCUT2D eigenvalue weighted by molar-refractivity contribution is -0.151. The van der Waals surface area contributed by atoms with E-state index in [2.05, 4.69) is 0 Å². The van der Waals surface area contributed by atoms with Crippen LogP contribution in [0.1, 0.15) is 36.1 Å². The molecule has 2 unspecified atom stereocenters. The van der Waals surface area contributed by atoms with Gasteiger partial charge in [0, 0.05) is 31.6 Å². The van der Waals surface area contributed by atoms with Crippen molar-refractivity contribution < 1.29 is 23.7 Å². The molecule has 0 aliphatic carbocycles. The molecule has 0 spiro atoms. The fraction of sp³-hybridized carbons (Fsp3) is 0.400. The molecule has 2 aliphatic rings. The van der Waals surface area contributed by atoms with Crippen molar-refractivity contribution in [1.29, 1.82) is 10.8 Å². The van der Waals surface area contributed by atoms with Crippen molar-refractivity contribution in [3.05, 3.63) is 53.1 Å². The van der Waals surface area contributed by atoms with Crippen LogP contribution in [0, 0.1) is 10.8 Å². The van der Waals surface area contributed by atoms with Gasteiger partial charge >= 0.3 is 5.97 Å². The number of carbonyl (C=O) groups is 1. The summed E-state index contributed by atoms with van der Waals surface area (Å²) in [5, 5.41) is 15.3. The van der Waals surface area contributed by atoms with Gasteiger partial charge in [-0.1, -0.05) is 12.1 Å². The average molecular weight is 497 g/mol. The number of ether oxygens (including phenoxy) is 4. The number of hydrogen-bond donors (Lipinski definition) is 4. The summed E-state index contributed by atoms with van der Waals surface area (Å²) in [6.07, 6.45) is -0.312. The zero-order valence-corrected chi connectivity index (χ0v) is 20.5. The van der Waals surface area contributed by atoms with E-state index in [9.17, 15) is 4.79 Å². The molecule has 2 aromatic carbocycles. The van der Waals surface area contributed by atoms with Crippen LogP contribution >= 0.6 is 0 Å². The van der Waals surface area contributed by atoms with Gasteiger partial charge in [0.05, 0.1) is 20.3 Å². The van der Waals surface area contributed by atoms with Gasteiger partial charge in [-0.3, -0.25) is 10.8 Å². The second-order valence-electron chi connectivity index (χ2n) is 8.69. The molecule has 2 heterocycles. The van der Waals surface area contributed by atoms with Gasteiger partial charge in [-0.15, -0.1) is 0 Å². The number of benzene rings is 2. The predicted octanol–water partition coefficient (Wildman–Crippen LogP) is 1.93. The van der Waals surface area contributed by atoms with E-state index in [0.717, 1.165) is 17.5 Å². The number of nitrogens with two attached hydrogens (primary N) is 2. The third-order valence-electron chi connectivity index (χ3n) is 6.27. The van der Waals surface area contributed by atoms with E-state index in [1.165, 1.54) is 7.11 Å². The minimum absolute atomic E-state index is 0.00838. The van der Waals surface area contributed by atoms with Crippen LogP contribution in [0.4, 0.5) is 0 Å². The predicted molar refractivity (Wildman–Crippen MR) is 133 cm³/mol. The number of methoxy groups -OCH3 is 1. The van der Waals surface area contributed by atoms with Crippen LogP contribution in [0.2, 0.25) is 0 Å². The molecule has 36 heavy (non-hydrogen) atoms. The van der Waals surface area contributed by atoms with Crippen molar-refractivity contribution in [1.82, 2.24) is 9.80 Å². The molecular weight excluding hydrogens is 464 g/mol. The van der Waals surface area contributed by atoms with Gasteiger partial charge in [-0.25, -0.2) is 4.79 Å². The smallest absolute Gasteiger partial charge is 0.352 e. The molecule has 11 heteroatoms. The molecule has 1 fully saturated rings. The van der Waals surface area contributed by atoms with E-state index in [0.29, 0.717) is 49.0 Å². The highest BCUT2D eigenvalue weighted by molar-refractivity contribution is 5.78. The Morgan fingerprint density at radius 3 is 2.25 bits per heavy atom. The second kappa shape index (κ2) is 10.6. The SMILES string of the molecule is CCOC(=O)C(Oc1cc2c(cc1OC)CN(C(=N)N)C2)c1ccc(OC2CCN(C(=N)N)C2)cc1. The quantitative estimate of drug-likeness (QED) is 0.243. The first-order valence-corrected chi connectivity index (χ1v) is 11.8. The van der Waals surface area contributed by atoms with Crippen LogP contribution in [0.3, 0.4) is 0 Å². The van der Waals surface area contributed by atoms with Gasteiger partial charge in [-0.2, -0.15) is 0 Å². The minimum Gasteiger partial charge on any atom is -0.493 e. The molecule has 2 atom stereocenters. The lowest BCUT2D eigenvalue weighted by atomic mass is 10.1. The van der Waals surface area contributed by atoms with Crippen LogP contribution in [0.25, 0.3) is 0 Å². The molecule has 11 nitrogen and oxygen atoms in total. The first-order chi connectivity index (χ1) is 17.3. The van der Waals surface area contributed by atoms with Crippen molar-refractivity contribution in [2.24, 2.45) is 11.5 Å². The molecule has 4 rings (SSSR count). The Balaban J connectivity index is 1.53. The van der Waals surface area contributed by atoms with Gasteiger partial charge < -0.3 is 40.2 Å². The van der Waals surface area contributed by atoms with Gasteiger partial charge in [0.1, 0.15) is 11.9 Å². The number of esters is 1. The first-order valence-electron chi connectivity index (χ1n) is 11.8. The first kappa shape index (κ1) is 25.0. The Morgan fingerprint density at radius 1 is 1.06 bits per heavy atom. The van der Waals surface area contributed by atoms with Crippen molar-refractivity contribution in [2.45, 2.75) is 38.6 Å². The van der Waals surface area contributed by atoms with E-state index < -0.39 is 12.1 Å². The molecule has 2 aromatic rings. The lowest BCUT2D eigenvalue weighted by Gasteiger charge is -2.21. The molecule has 0 radical (unpaired) electrons. The number of rotatable bonds is 8. The number of fused-ring (bicyclic) bond motifs is 1. The standard InChI is InChI=1S/C25H32N6O5/c1-3-34-23(32)22(15-4-6-18(7-5-15)35-19-8-9-30(14-19)24(26)27)36-21-11-17-13-31(25(28)29)12-16(17)10-20(21)33-2/h4-7,10-11,19,22H,3,8-9,12-14H2,1-2H3,(H3,26,27)(H3,28,29). The number of likely N-dealkylation sites (tertiary alicyclic amines) is 1. The average Bonchev–Trinajstić information content (AvgIpc) is 3.49. The third-order valence-corrected chi connectivity index (χ3v) is 6.27. The summed E-state index contributed by atoms with van der Waals surface area (Å²) in [4.78, 5) is 16.4.